The first-order valence-electron chi connectivity index (χ1n) is 8.78. The summed E-state index contributed by atoms with van der Waals surface area (Å²) in [6, 6.07) is 11.2. The maximum atomic E-state index is 13.0. The van der Waals surface area contributed by atoms with E-state index < -0.39 is 0 Å². The van der Waals surface area contributed by atoms with Crippen LogP contribution in [-0.4, -0.2) is 31.1 Å². The maximum absolute atomic E-state index is 13.0. The number of carbonyl (C=O) groups excluding carboxylic acids is 1. The molecule has 4 rings (SSSR count). The van der Waals surface area contributed by atoms with Crippen LogP contribution in [0.15, 0.2) is 58.5 Å². The molecule has 0 atom stereocenters. The Hall–Kier alpha value is -3.04. The van der Waals surface area contributed by atoms with Crippen LogP contribution in [0.25, 0.3) is 21.5 Å². The highest BCUT2D eigenvalue weighted by atomic mass is 32.2. The van der Waals surface area contributed by atoms with Crippen molar-refractivity contribution in [1.82, 2.24) is 18.9 Å². The molecular weight excluding hydrogens is 406 g/mol. The lowest BCUT2D eigenvalue weighted by Gasteiger charge is -2.10. The summed E-state index contributed by atoms with van der Waals surface area (Å²) >= 11 is 2.69. The molecular formula is C20H17N5O2S2. The second-order valence-electron chi connectivity index (χ2n) is 6.28. The number of nitrogens with one attached hydrogen (secondary N) is 1. The fourth-order valence-electron chi connectivity index (χ4n) is 2.95. The van der Waals surface area contributed by atoms with E-state index in [-0.39, 0.29) is 18.0 Å². The Morgan fingerprint density at radius 3 is 2.79 bits per heavy atom. The molecule has 0 fully saturated rings. The number of pyridine rings is 1. The summed E-state index contributed by atoms with van der Waals surface area (Å²) in [4.78, 5) is 35.1. The summed E-state index contributed by atoms with van der Waals surface area (Å²) in [7, 11) is 0. The number of aromatic nitrogens is 4. The van der Waals surface area contributed by atoms with Gasteiger partial charge >= 0.3 is 0 Å². The standard InChI is InChI=1S/C20H17N5O2S2/c1-12-22-18-17(13-6-8-21-9-7-13)24-29-19(18)20(27)25(12)11-16(26)23-14-4-3-5-15(10-14)28-2/h3-10H,11H2,1-2H3,(H,23,26). The fourth-order valence-corrected chi connectivity index (χ4v) is 4.20. The van der Waals surface area contributed by atoms with E-state index in [2.05, 4.69) is 19.7 Å². The lowest BCUT2D eigenvalue weighted by molar-refractivity contribution is -0.116. The molecule has 7 nitrogen and oxygen atoms in total. The number of nitrogens with zero attached hydrogens (tertiary/aromatic N) is 4. The third kappa shape index (κ3) is 3.92. The average molecular weight is 424 g/mol. The number of thioether (sulfide) groups is 1. The minimum absolute atomic E-state index is 0.112. The van der Waals surface area contributed by atoms with Gasteiger partial charge in [0.2, 0.25) is 5.91 Å². The molecule has 3 aromatic heterocycles. The van der Waals surface area contributed by atoms with Gasteiger partial charge in [0, 0.05) is 28.5 Å². The van der Waals surface area contributed by atoms with E-state index in [1.165, 1.54) is 4.57 Å². The number of carbonyl (C=O) groups is 1. The molecule has 1 amide bonds. The third-order valence-corrected chi connectivity index (χ3v) is 5.93. The molecule has 0 aliphatic heterocycles. The maximum Gasteiger partial charge on any atom is 0.273 e. The quantitative estimate of drug-likeness (QED) is 0.494. The summed E-state index contributed by atoms with van der Waals surface area (Å²) in [5.74, 6) is 0.180. The van der Waals surface area contributed by atoms with Gasteiger partial charge in [0.05, 0.1) is 0 Å². The lowest BCUT2D eigenvalue weighted by atomic mass is 10.2. The molecule has 0 aliphatic carbocycles. The molecule has 1 N–H and O–H groups in total. The molecule has 1 aromatic carbocycles. The normalized spacial score (nSPS) is 11.0. The molecule has 0 unspecified atom stereocenters. The van der Waals surface area contributed by atoms with Crippen molar-refractivity contribution in [2.45, 2.75) is 18.4 Å². The zero-order valence-corrected chi connectivity index (χ0v) is 17.4. The van der Waals surface area contributed by atoms with Crippen LogP contribution in [0, 0.1) is 6.92 Å². The zero-order chi connectivity index (χ0) is 20.4. The number of amides is 1. The van der Waals surface area contributed by atoms with Crippen LogP contribution in [0.5, 0.6) is 0 Å². The monoisotopic (exact) mass is 423 g/mol. The first-order chi connectivity index (χ1) is 14.1. The molecule has 9 heteroatoms. The van der Waals surface area contributed by atoms with Crippen molar-refractivity contribution < 1.29 is 4.79 Å². The highest BCUT2D eigenvalue weighted by Gasteiger charge is 2.18. The van der Waals surface area contributed by atoms with Crippen molar-refractivity contribution in [3.63, 3.8) is 0 Å². The Balaban J connectivity index is 1.64. The number of hydrogen-bond acceptors (Lipinski definition) is 7. The Morgan fingerprint density at radius 2 is 2.03 bits per heavy atom. The topological polar surface area (TPSA) is 89.8 Å². The van der Waals surface area contributed by atoms with Gasteiger partial charge in [0.1, 0.15) is 28.3 Å². The first kappa shape index (κ1) is 19.3. The largest absolute Gasteiger partial charge is 0.324 e. The van der Waals surface area contributed by atoms with Gasteiger partial charge in [0.15, 0.2) is 0 Å². The van der Waals surface area contributed by atoms with Crippen molar-refractivity contribution in [2.24, 2.45) is 0 Å². The van der Waals surface area contributed by atoms with Gasteiger partial charge in [-0.2, -0.15) is 4.37 Å². The third-order valence-electron chi connectivity index (χ3n) is 4.38. The predicted octanol–water partition coefficient (Wildman–Crippen LogP) is 3.58. The van der Waals surface area contributed by atoms with Crippen LogP contribution < -0.4 is 10.9 Å². The lowest BCUT2D eigenvalue weighted by Crippen LogP contribution is -2.29. The Kier molecular flexibility index (Phi) is 5.41. The summed E-state index contributed by atoms with van der Waals surface area (Å²) in [6.07, 6.45) is 5.32. The van der Waals surface area contributed by atoms with Crippen LogP contribution in [-0.2, 0) is 11.3 Å². The van der Waals surface area contributed by atoms with Crippen molar-refractivity contribution in [2.75, 3.05) is 11.6 Å². The number of anilines is 1. The van der Waals surface area contributed by atoms with E-state index in [1.54, 1.807) is 31.1 Å². The van der Waals surface area contributed by atoms with Crippen molar-refractivity contribution in [1.29, 1.82) is 0 Å². The minimum atomic E-state index is -0.284. The first-order valence-corrected chi connectivity index (χ1v) is 10.8. The molecule has 146 valence electrons. The van der Waals surface area contributed by atoms with E-state index in [0.717, 1.165) is 22.0 Å². The number of rotatable bonds is 5. The van der Waals surface area contributed by atoms with E-state index in [4.69, 9.17) is 0 Å². The second-order valence-corrected chi connectivity index (χ2v) is 7.93. The highest BCUT2D eigenvalue weighted by Crippen LogP contribution is 2.27. The summed E-state index contributed by atoms with van der Waals surface area (Å²) < 4.78 is 6.22. The van der Waals surface area contributed by atoms with Crippen LogP contribution in [0.1, 0.15) is 5.82 Å². The van der Waals surface area contributed by atoms with Gasteiger partial charge in [-0.15, -0.1) is 11.8 Å². The summed E-state index contributed by atoms with van der Waals surface area (Å²) in [5.41, 5.74) is 2.48. The van der Waals surface area contributed by atoms with E-state index in [0.29, 0.717) is 27.4 Å². The van der Waals surface area contributed by atoms with E-state index in [1.807, 2.05) is 42.7 Å². The SMILES string of the molecule is CSc1cccc(NC(=O)Cn2c(C)nc3c(-c4ccncc4)nsc3c2=O)c1. The van der Waals surface area contributed by atoms with Crippen LogP contribution >= 0.6 is 23.3 Å². The predicted molar refractivity (Wildman–Crippen MR) is 116 cm³/mol. The Morgan fingerprint density at radius 1 is 1.24 bits per heavy atom. The van der Waals surface area contributed by atoms with E-state index >= 15 is 0 Å². The molecule has 0 bridgehead atoms. The highest BCUT2D eigenvalue weighted by molar-refractivity contribution is 7.98. The van der Waals surface area contributed by atoms with Gasteiger partial charge in [-0.1, -0.05) is 6.07 Å². The number of fused-ring (bicyclic) bond motifs is 1. The number of benzene rings is 1. The molecule has 4 aromatic rings. The molecule has 0 aliphatic rings. The van der Waals surface area contributed by atoms with E-state index in [9.17, 15) is 9.59 Å². The van der Waals surface area contributed by atoms with Crippen LogP contribution in [0.3, 0.4) is 0 Å². The number of hydrogen-bond donors (Lipinski definition) is 1. The summed E-state index contributed by atoms with van der Waals surface area (Å²) in [5, 5.41) is 2.84. The molecule has 3 heterocycles. The zero-order valence-electron chi connectivity index (χ0n) is 15.7. The molecule has 0 radical (unpaired) electrons. The van der Waals surface area contributed by atoms with Crippen molar-refractivity contribution in [3.05, 3.63) is 65.0 Å². The van der Waals surface area contributed by atoms with Gasteiger partial charge < -0.3 is 5.32 Å². The van der Waals surface area contributed by atoms with Crippen LogP contribution in [0.4, 0.5) is 5.69 Å². The van der Waals surface area contributed by atoms with Gasteiger partial charge in [-0.05, 0) is 55.0 Å². The smallest absolute Gasteiger partial charge is 0.273 e. The molecule has 0 saturated carbocycles. The van der Waals surface area contributed by atoms with Crippen molar-refractivity contribution >= 4 is 45.1 Å². The van der Waals surface area contributed by atoms with Crippen molar-refractivity contribution in [3.8, 4) is 11.3 Å². The number of aryl methyl sites for hydroxylation is 1. The molecule has 29 heavy (non-hydrogen) atoms. The fraction of sp³-hybridized carbons (Fsp3) is 0.150. The summed E-state index contributed by atoms with van der Waals surface area (Å²) in [6.45, 7) is 1.61. The Bertz CT molecular complexity index is 1250. The molecule has 0 saturated heterocycles. The Labute approximate surface area is 175 Å². The van der Waals surface area contributed by atoms with Gasteiger partial charge in [0.25, 0.3) is 5.56 Å². The average Bonchev–Trinajstić information content (AvgIpc) is 3.15. The van der Waals surface area contributed by atoms with Gasteiger partial charge in [-0.3, -0.25) is 19.1 Å². The van der Waals surface area contributed by atoms with Gasteiger partial charge in [-0.25, -0.2) is 4.98 Å². The second kappa shape index (κ2) is 8.14. The van der Waals surface area contributed by atoms with Crippen LogP contribution in [0.2, 0.25) is 0 Å². The molecule has 0 spiro atoms. The minimum Gasteiger partial charge on any atom is -0.324 e.